The van der Waals surface area contributed by atoms with Crippen molar-refractivity contribution in [2.24, 2.45) is 0 Å². The molecule has 0 bridgehead atoms. The van der Waals surface area contributed by atoms with E-state index >= 15 is 0 Å². The monoisotopic (exact) mass is 476 g/mol. The minimum atomic E-state index is -0.743. The molecule has 156 valence electrons. The lowest BCUT2D eigenvalue weighted by atomic mass is 9.96. The quantitative estimate of drug-likeness (QED) is 0.563. The van der Waals surface area contributed by atoms with E-state index in [4.69, 9.17) is 4.74 Å². The summed E-state index contributed by atoms with van der Waals surface area (Å²) in [7, 11) is 1.54. The summed E-state index contributed by atoms with van der Waals surface area (Å²) < 4.78 is 33.2. The number of carbonyl (C=O) groups is 1. The van der Waals surface area contributed by atoms with E-state index in [2.05, 4.69) is 26.2 Å². The van der Waals surface area contributed by atoms with Crippen molar-refractivity contribution in [3.05, 3.63) is 85.2 Å². The lowest BCUT2D eigenvalue weighted by Gasteiger charge is -2.18. The van der Waals surface area contributed by atoms with Gasteiger partial charge < -0.3 is 15.0 Å². The van der Waals surface area contributed by atoms with Gasteiger partial charge in [-0.05, 0) is 65.2 Å². The SMILES string of the molecule is CNC(=O)c1ccc(C)c(-c2c(C)[nH]c(=O)c(Br)c2OCc2ccc(F)cc2F)c1. The summed E-state index contributed by atoms with van der Waals surface area (Å²) in [5.41, 5.74) is 2.79. The van der Waals surface area contributed by atoms with Gasteiger partial charge in [0.05, 0.1) is 0 Å². The van der Waals surface area contributed by atoms with Gasteiger partial charge in [0.2, 0.25) is 0 Å². The third-order valence-corrected chi connectivity index (χ3v) is 5.41. The first-order chi connectivity index (χ1) is 14.2. The number of halogens is 3. The van der Waals surface area contributed by atoms with Crippen molar-refractivity contribution >= 4 is 21.8 Å². The van der Waals surface area contributed by atoms with Crippen LogP contribution in [0.3, 0.4) is 0 Å². The second-order valence-corrected chi connectivity index (χ2v) is 7.52. The lowest BCUT2D eigenvalue weighted by molar-refractivity contribution is 0.0963. The predicted octanol–water partition coefficient (Wildman–Crippen LogP) is 4.64. The van der Waals surface area contributed by atoms with Gasteiger partial charge in [-0.2, -0.15) is 0 Å². The van der Waals surface area contributed by atoms with Crippen molar-refractivity contribution in [3.63, 3.8) is 0 Å². The van der Waals surface area contributed by atoms with Crippen LogP contribution in [0.4, 0.5) is 8.78 Å². The number of rotatable bonds is 5. The average Bonchev–Trinajstić information content (AvgIpc) is 2.71. The molecule has 8 heteroatoms. The van der Waals surface area contributed by atoms with Gasteiger partial charge in [-0.25, -0.2) is 8.78 Å². The summed E-state index contributed by atoms with van der Waals surface area (Å²) in [4.78, 5) is 27.1. The molecular weight excluding hydrogens is 458 g/mol. The molecule has 0 fully saturated rings. The van der Waals surface area contributed by atoms with Crippen LogP contribution in [-0.4, -0.2) is 17.9 Å². The van der Waals surface area contributed by atoms with Crippen molar-refractivity contribution in [2.75, 3.05) is 7.05 Å². The molecule has 2 aromatic carbocycles. The van der Waals surface area contributed by atoms with Gasteiger partial charge in [0, 0.05) is 35.5 Å². The third-order valence-electron chi connectivity index (χ3n) is 4.69. The molecule has 3 aromatic rings. The predicted molar refractivity (Wildman–Crippen MR) is 114 cm³/mol. The topological polar surface area (TPSA) is 71.2 Å². The van der Waals surface area contributed by atoms with Crippen LogP contribution in [0.25, 0.3) is 11.1 Å². The number of aromatic amines is 1. The molecule has 0 spiro atoms. The molecule has 0 saturated heterocycles. The standard InChI is InChI=1S/C22H19BrF2N2O3/c1-11-4-5-13(21(28)26-3)8-16(11)18-12(2)27-22(29)19(23)20(18)30-10-14-6-7-15(24)9-17(14)25/h4-9H,10H2,1-3H3,(H,26,28)(H,27,29). The number of hydrogen-bond donors (Lipinski definition) is 2. The zero-order chi connectivity index (χ0) is 22.0. The molecule has 30 heavy (non-hydrogen) atoms. The second kappa shape index (κ2) is 8.79. The number of hydrogen-bond acceptors (Lipinski definition) is 3. The largest absolute Gasteiger partial charge is 0.487 e. The molecule has 5 nitrogen and oxygen atoms in total. The number of amides is 1. The molecule has 1 amide bonds. The van der Waals surface area contributed by atoms with Crippen molar-refractivity contribution < 1.29 is 18.3 Å². The van der Waals surface area contributed by atoms with Crippen molar-refractivity contribution in [1.29, 1.82) is 0 Å². The van der Waals surface area contributed by atoms with Crippen LogP contribution >= 0.6 is 15.9 Å². The summed E-state index contributed by atoms with van der Waals surface area (Å²) in [6.45, 7) is 3.36. The Labute approximate surface area is 180 Å². The maximum absolute atomic E-state index is 14.0. The van der Waals surface area contributed by atoms with E-state index in [0.717, 1.165) is 17.7 Å². The molecule has 0 aliphatic rings. The van der Waals surface area contributed by atoms with Gasteiger partial charge in [0.25, 0.3) is 11.5 Å². The number of ether oxygens (including phenoxy) is 1. The number of benzene rings is 2. The van der Waals surface area contributed by atoms with Crippen LogP contribution in [0, 0.1) is 25.5 Å². The number of H-pyrrole nitrogens is 1. The normalized spacial score (nSPS) is 10.7. The summed E-state index contributed by atoms with van der Waals surface area (Å²) in [5.74, 6) is -1.48. The van der Waals surface area contributed by atoms with E-state index in [1.165, 1.54) is 13.1 Å². The van der Waals surface area contributed by atoms with Gasteiger partial charge in [-0.3, -0.25) is 9.59 Å². The summed E-state index contributed by atoms with van der Waals surface area (Å²) in [5, 5.41) is 2.58. The fourth-order valence-corrected chi connectivity index (χ4v) is 3.51. The number of pyridine rings is 1. The minimum Gasteiger partial charge on any atom is -0.487 e. The molecule has 0 atom stereocenters. The molecule has 0 radical (unpaired) electrons. The third kappa shape index (κ3) is 4.28. The Kier molecular flexibility index (Phi) is 6.36. The van der Waals surface area contributed by atoms with E-state index in [0.29, 0.717) is 22.4 Å². The molecule has 0 aliphatic heterocycles. The Hall–Kier alpha value is -3.00. The van der Waals surface area contributed by atoms with Crippen LogP contribution in [0.1, 0.15) is 27.2 Å². The molecule has 1 heterocycles. The highest BCUT2D eigenvalue weighted by Crippen LogP contribution is 2.38. The number of aromatic nitrogens is 1. The fraction of sp³-hybridized carbons (Fsp3) is 0.182. The van der Waals surface area contributed by atoms with E-state index in [-0.39, 0.29) is 28.3 Å². The first-order valence-electron chi connectivity index (χ1n) is 9.05. The van der Waals surface area contributed by atoms with Crippen molar-refractivity contribution in [2.45, 2.75) is 20.5 Å². The second-order valence-electron chi connectivity index (χ2n) is 6.73. The molecule has 2 N–H and O–H groups in total. The van der Waals surface area contributed by atoms with Crippen LogP contribution in [0.2, 0.25) is 0 Å². The first kappa shape index (κ1) is 21.7. The smallest absolute Gasteiger partial charge is 0.266 e. The van der Waals surface area contributed by atoms with Gasteiger partial charge in [0.15, 0.2) is 0 Å². The highest BCUT2D eigenvalue weighted by molar-refractivity contribution is 9.10. The van der Waals surface area contributed by atoms with Crippen LogP contribution in [0.5, 0.6) is 5.75 Å². The summed E-state index contributed by atoms with van der Waals surface area (Å²) in [6, 6.07) is 8.39. The van der Waals surface area contributed by atoms with E-state index in [9.17, 15) is 18.4 Å². The Bertz CT molecular complexity index is 1190. The molecule has 0 aliphatic carbocycles. The zero-order valence-electron chi connectivity index (χ0n) is 16.5. The number of aryl methyl sites for hydroxylation is 2. The van der Waals surface area contributed by atoms with E-state index < -0.39 is 17.2 Å². The van der Waals surface area contributed by atoms with Crippen LogP contribution in [0.15, 0.2) is 45.7 Å². The first-order valence-corrected chi connectivity index (χ1v) is 9.84. The van der Waals surface area contributed by atoms with Gasteiger partial charge in [-0.15, -0.1) is 0 Å². The van der Waals surface area contributed by atoms with E-state index in [1.54, 1.807) is 25.1 Å². The molecule has 0 unspecified atom stereocenters. The van der Waals surface area contributed by atoms with Gasteiger partial charge >= 0.3 is 0 Å². The summed E-state index contributed by atoms with van der Waals surface area (Å²) in [6.07, 6.45) is 0. The van der Waals surface area contributed by atoms with Crippen LogP contribution < -0.4 is 15.6 Å². The average molecular weight is 477 g/mol. The number of carbonyl (C=O) groups excluding carboxylic acids is 1. The zero-order valence-corrected chi connectivity index (χ0v) is 18.1. The highest BCUT2D eigenvalue weighted by Gasteiger charge is 2.20. The molecule has 0 saturated carbocycles. The van der Waals surface area contributed by atoms with E-state index in [1.807, 2.05) is 6.92 Å². The maximum Gasteiger partial charge on any atom is 0.266 e. The van der Waals surface area contributed by atoms with Gasteiger partial charge in [0.1, 0.15) is 28.5 Å². The molecule has 3 rings (SSSR count). The lowest BCUT2D eigenvalue weighted by Crippen LogP contribution is -2.18. The Morgan fingerprint density at radius 3 is 2.57 bits per heavy atom. The van der Waals surface area contributed by atoms with Crippen LogP contribution in [-0.2, 0) is 6.61 Å². The Morgan fingerprint density at radius 1 is 1.17 bits per heavy atom. The van der Waals surface area contributed by atoms with Crippen molar-refractivity contribution in [3.8, 4) is 16.9 Å². The molecular formula is C22H19BrF2N2O3. The molecule has 1 aromatic heterocycles. The minimum absolute atomic E-state index is 0.135. The van der Waals surface area contributed by atoms with Gasteiger partial charge in [-0.1, -0.05) is 6.07 Å². The van der Waals surface area contributed by atoms with Crippen molar-refractivity contribution in [1.82, 2.24) is 10.3 Å². The number of nitrogens with one attached hydrogen (secondary N) is 2. The maximum atomic E-state index is 14.0. The summed E-state index contributed by atoms with van der Waals surface area (Å²) >= 11 is 3.25. The Morgan fingerprint density at radius 2 is 1.90 bits per heavy atom. The fourth-order valence-electron chi connectivity index (χ4n) is 3.10. The Balaban J connectivity index is 2.13. The highest BCUT2D eigenvalue weighted by atomic mass is 79.9.